The van der Waals surface area contributed by atoms with Gasteiger partial charge in [0.15, 0.2) is 0 Å². The van der Waals surface area contributed by atoms with Gasteiger partial charge in [-0.05, 0) is 62.5 Å². The fourth-order valence-electron chi connectivity index (χ4n) is 3.15. The highest BCUT2D eigenvalue weighted by Gasteiger charge is 2.04. The Balaban J connectivity index is 1.67. The van der Waals surface area contributed by atoms with Gasteiger partial charge in [0.25, 0.3) is 0 Å². The second-order valence-electron chi connectivity index (χ2n) is 7.45. The Kier molecular flexibility index (Phi) is 6.62. The predicted octanol–water partition coefficient (Wildman–Crippen LogP) is 4.60. The van der Waals surface area contributed by atoms with Crippen LogP contribution in [0.25, 0.3) is 17.0 Å². The van der Waals surface area contributed by atoms with Crippen molar-refractivity contribution in [3.05, 3.63) is 77.0 Å². The van der Waals surface area contributed by atoms with Crippen LogP contribution < -0.4 is 5.32 Å². The van der Waals surface area contributed by atoms with E-state index in [2.05, 4.69) is 66.6 Å². The lowest BCUT2D eigenvalue weighted by Crippen LogP contribution is -2.10. The number of nitrogens with zero attached hydrogens (tertiary/aromatic N) is 2. The van der Waals surface area contributed by atoms with E-state index in [4.69, 9.17) is 4.74 Å². The quantitative estimate of drug-likeness (QED) is 0.599. The number of pyridine rings is 1. The summed E-state index contributed by atoms with van der Waals surface area (Å²) >= 11 is 0. The molecular formula is C24H27N3O2. The maximum Gasteiger partial charge on any atom is 0.337 e. The zero-order valence-corrected chi connectivity index (χ0v) is 17.4. The summed E-state index contributed by atoms with van der Waals surface area (Å²) in [6.45, 7) is 3.69. The van der Waals surface area contributed by atoms with Gasteiger partial charge in [0.05, 0.1) is 30.1 Å². The number of hydrogen-bond acceptors (Lipinski definition) is 5. The molecule has 0 fully saturated rings. The van der Waals surface area contributed by atoms with Crippen molar-refractivity contribution >= 4 is 28.6 Å². The van der Waals surface area contributed by atoms with Crippen LogP contribution >= 0.6 is 0 Å². The largest absolute Gasteiger partial charge is 0.465 e. The van der Waals surface area contributed by atoms with Crippen LogP contribution in [0.5, 0.6) is 0 Å². The molecule has 0 bridgehead atoms. The van der Waals surface area contributed by atoms with Gasteiger partial charge < -0.3 is 15.0 Å². The SMILES string of the molecule is COC(=O)c1ccc(C=C(C)CNc2cnc3ccc(CN(C)C)cc3c2)cc1. The number of anilines is 1. The second kappa shape index (κ2) is 9.34. The molecule has 5 nitrogen and oxygen atoms in total. The molecule has 5 heteroatoms. The summed E-state index contributed by atoms with van der Waals surface area (Å²) in [4.78, 5) is 18.2. The van der Waals surface area contributed by atoms with E-state index in [-0.39, 0.29) is 5.97 Å². The smallest absolute Gasteiger partial charge is 0.337 e. The highest BCUT2D eigenvalue weighted by atomic mass is 16.5. The van der Waals surface area contributed by atoms with E-state index < -0.39 is 0 Å². The Bertz CT molecular complexity index is 1020. The standard InChI is InChI=1S/C24H27N3O2/c1-17(11-18-5-8-20(9-6-18)24(28)29-4)14-25-22-13-21-12-19(16-27(2)3)7-10-23(21)26-15-22/h5-13,15,25H,14,16H2,1-4H3. The Morgan fingerprint density at radius 2 is 1.90 bits per heavy atom. The van der Waals surface area contributed by atoms with Crippen molar-refractivity contribution in [2.24, 2.45) is 0 Å². The van der Waals surface area contributed by atoms with E-state index >= 15 is 0 Å². The number of rotatable bonds is 7. The molecule has 0 radical (unpaired) electrons. The van der Waals surface area contributed by atoms with E-state index in [1.807, 2.05) is 18.3 Å². The molecule has 29 heavy (non-hydrogen) atoms. The first kappa shape index (κ1) is 20.6. The number of fused-ring (bicyclic) bond motifs is 1. The van der Waals surface area contributed by atoms with Gasteiger partial charge in [0, 0.05) is 18.5 Å². The lowest BCUT2D eigenvalue weighted by Gasteiger charge is -2.11. The predicted molar refractivity (Wildman–Crippen MR) is 119 cm³/mol. The Morgan fingerprint density at radius 3 is 2.59 bits per heavy atom. The van der Waals surface area contributed by atoms with Crippen molar-refractivity contribution in [3.63, 3.8) is 0 Å². The summed E-state index contributed by atoms with van der Waals surface area (Å²) < 4.78 is 4.73. The molecule has 0 unspecified atom stereocenters. The lowest BCUT2D eigenvalue weighted by molar-refractivity contribution is 0.0600. The molecule has 0 saturated carbocycles. The highest BCUT2D eigenvalue weighted by Crippen LogP contribution is 2.19. The van der Waals surface area contributed by atoms with Gasteiger partial charge in [-0.1, -0.05) is 29.8 Å². The van der Waals surface area contributed by atoms with Crippen molar-refractivity contribution in [2.45, 2.75) is 13.5 Å². The molecule has 1 N–H and O–H groups in total. The summed E-state index contributed by atoms with van der Waals surface area (Å²) in [7, 11) is 5.52. The maximum absolute atomic E-state index is 11.5. The van der Waals surface area contributed by atoms with Crippen LogP contribution in [0.4, 0.5) is 5.69 Å². The monoisotopic (exact) mass is 389 g/mol. The van der Waals surface area contributed by atoms with Crippen molar-refractivity contribution in [3.8, 4) is 0 Å². The van der Waals surface area contributed by atoms with Gasteiger partial charge in [-0.15, -0.1) is 0 Å². The molecule has 1 heterocycles. The first-order valence-electron chi connectivity index (χ1n) is 9.57. The summed E-state index contributed by atoms with van der Waals surface area (Å²) in [5.74, 6) is -0.323. The molecule has 0 saturated heterocycles. The summed E-state index contributed by atoms with van der Waals surface area (Å²) in [5, 5.41) is 4.57. The number of esters is 1. The first-order valence-corrected chi connectivity index (χ1v) is 9.57. The van der Waals surface area contributed by atoms with Crippen molar-refractivity contribution < 1.29 is 9.53 Å². The average molecular weight is 389 g/mol. The van der Waals surface area contributed by atoms with E-state index in [9.17, 15) is 4.79 Å². The third kappa shape index (κ3) is 5.65. The lowest BCUT2D eigenvalue weighted by atomic mass is 10.1. The Labute approximate surface area is 172 Å². The third-order valence-corrected chi connectivity index (χ3v) is 4.56. The summed E-state index contributed by atoms with van der Waals surface area (Å²) in [6, 6.07) is 15.9. The van der Waals surface area contributed by atoms with Crippen molar-refractivity contribution in [1.82, 2.24) is 9.88 Å². The second-order valence-corrected chi connectivity index (χ2v) is 7.45. The van der Waals surface area contributed by atoms with E-state index in [0.717, 1.165) is 28.7 Å². The van der Waals surface area contributed by atoms with Gasteiger partial charge in [0.2, 0.25) is 0 Å². The van der Waals surface area contributed by atoms with Crippen LogP contribution in [0.2, 0.25) is 0 Å². The molecule has 0 aliphatic heterocycles. The van der Waals surface area contributed by atoms with Gasteiger partial charge in [0.1, 0.15) is 0 Å². The molecule has 0 amide bonds. The van der Waals surface area contributed by atoms with Gasteiger partial charge in [-0.25, -0.2) is 4.79 Å². The number of hydrogen-bond donors (Lipinski definition) is 1. The van der Waals surface area contributed by atoms with Gasteiger partial charge in [-0.3, -0.25) is 4.98 Å². The number of ether oxygens (including phenoxy) is 1. The number of aromatic nitrogens is 1. The van der Waals surface area contributed by atoms with Crippen LogP contribution in [0.1, 0.15) is 28.4 Å². The van der Waals surface area contributed by atoms with Crippen molar-refractivity contribution in [2.75, 3.05) is 33.1 Å². The molecule has 150 valence electrons. The van der Waals surface area contributed by atoms with Crippen LogP contribution in [0, 0.1) is 0 Å². The molecule has 3 aromatic rings. The molecule has 0 spiro atoms. The number of benzene rings is 2. The Hall–Kier alpha value is -3.18. The topological polar surface area (TPSA) is 54.5 Å². The third-order valence-electron chi connectivity index (χ3n) is 4.56. The number of carbonyl (C=O) groups excluding carboxylic acids is 1. The fourth-order valence-corrected chi connectivity index (χ4v) is 3.15. The number of nitrogens with one attached hydrogen (secondary N) is 1. The fraction of sp³-hybridized carbons (Fsp3) is 0.250. The first-order chi connectivity index (χ1) is 13.9. The van der Waals surface area contributed by atoms with Gasteiger partial charge >= 0.3 is 5.97 Å². The minimum absolute atomic E-state index is 0.323. The zero-order valence-electron chi connectivity index (χ0n) is 17.4. The minimum Gasteiger partial charge on any atom is -0.465 e. The highest BCUT2D eigenvalue weighted by molar-refractivity contribution is 5.89. The normalized spacial score (nSPS) is 11.7. The van der Waals surface area contributed by atoms with Crippen LogP contribution in [-0.2, 0) is 11.3 Å². The Morgan fingerprint density at radius 1 is 1.14 bits per heavy atom. The maximum atomic E-state index is 11.5. The summed E-state index contributed by atoms with van der Waals surface area (Å²) in [5.41, 5.74) is 6.03. The van der Waals surface area contributed by atoms with E-state index in [1.165, 1.54) is 18.2 Å². The molecular weight excluding hydrogens is 362 g/mol. The van der Waals surface area contributed by atoms with Gasteiger partial charge in [-0.2, -0.15) is 0 Å². The van der Waals surface area contributed by atoms with Crippen LogP contribution in [0.3, 0.4) is 0 Å². The molecule has 3 rings (SSSR count). The average Bonchev–Trinajstić information content (AvgIpc) is 2.71. The molecule has 1 aromatic heterocycles. The zero-order chi connectivity index (χ0) is 20.8. The molecule has 2 aromatic carbocycles. The van der Waals surface area contributed by atoms with Crippen LogP contribution in [-0.4, -0.2) is 43.6 Å². The van der Waals surface area contributed by atoms with Crippen LogP contribution in [0.15, 0.2) is 60.3 Å². The van der Waals surface area contributed by atoms with E-state index in [0.29, 0.717) is 12.1 Å². The summed E-state index contributed by atoms with van der Waals surface area (Å²) in [6.07, 6.45) is 3.96. The minimum atomic E-state index is -0.323. The molecule has 0 aliphatic rings. The van der Waals surface area contributed by atoms with Crippen molar-refractivity contribution in [1.29, 1.82) is 0 Å². The molecule has 0 atom stereocenters. The van der Waals surface area contributed by atoms with E-state index in [1.54, 1.807) is 12.1 Å². The number of carbonyl (C=O) groups is 1. The number of methoxy groups -OCH3 is 1. The molecule has 0 aliphatic carbocycles.